The molecule has 0 atom stereocenters. The monoisotopic (exact) mass is 237 g/mol. The van der Waals surface area contributed by atoms with Gasteiger partial charge in [0.15, 0.2) is 0 Å². The Morgan fingerprint density at radius 3 is 1.80 bits per heavy atom. The zero-order valence-electron chi connectivity index (χ0n) is 3.28. The first-order chi connectivity index (χ1) is 2.50. The Labute approximate surface area is 42.3 Å². The summed E-state index contributed by atoms with van der Waals surface area (Å²) in [6, 6.07) is 0. The third-order valence-electron chi connectivity index (χ3n) is 0.882. The van der Waals surface area contributed by atoms with E-state index in [0.717, 1.165) is 0 Å². The van der Waals surface area contributed by atoms with E-state index in [4.69, 9.17) is 0 Å². The van der Waals surface area contributed by atoms with Crippen molar-refractivity contribution < 1.29 is 19.8 Å². The van der Waals surface area contributed by atoms with Crippen molar-refractivity contribution in [1.29, 1.82) is 0 Å². The Balaban J connectivity index is 2.08. The molecule has 0 aromatic carbocycles. The van der Waals surface area contributed by atoms with Crippen molar-refractivity contribution in [2.75, 3.05) is 0 Å². The fraction of sp³-hybridized carbons (Fsp3) is 1.00. The van der Waals surface area contributed by atoms with Crippen LogP contribution in [0.25, 0.3) is 0 Å². The Bertz CT molecular complexity index is 15.2. The Kier molecular flexibility index (Phi) is 1.58. The van der Waals surface area contributed by atoms with Gasteiger partial charge in [0, 0.05) is 0 Å². The topological polar surface area (TPSA) is 0 Å². The van der Waals surface area contributed by atoms with Crippen LogP contribution < -0.4 is 0 Å². The van der Waals surface area contributed by atoms with Crippen LogP contribution in [-0.2, 0) is 19.8 Å². The molecule has 0 N–H and O–H groups in total. The standard InChI is InChI=1S/C4H8.Ta/c1-3-4-2;/h1-4H2;. The van der Waals surface area contributed by atoms with Crippen molar-refractivity contribution in [3.63, 3.8) is 0 Å². The maximum atomic E-state index is 1.68. The van der Waals surface area contributed by atoms with Gasteiger partial charge in [0.05, 0.1) is 0 Å². The average Bonchev–Trinajstić information content (AvgIpc) is 1.76. The van der Waals surface area contributed by atoms with E-state index in [0.29, 0.717) is 0 Å². The van der Waals surface area contributed by atoms with E-state index < -0.39 is 0 Å². The molecule has 1 rings (SSSR count). The number of hydrogen-bond acceptors (Lipinski definition) is 0. The van der Waals surface area contributed by atoms with Gasteiger partial charge in [-0.2, -0.15) is 0 Å². The first-order valence-electron chi connectivity index (χ1n) is 2.13. The van der Waals surface area contributed by atoms with Gasteiger partial charge >= 0.3 is 41.9 Å². The molecule has 29 valence electrons. The van der Waals surface area contributed by atoms with E-state index >= 15 is 0 Å². The van der Waals surface area contributed by atoms with Crippen molar-refractivity contribution in [3.05, 3.63) is 0 Å². The number of hydrogen-bond donors (Lipinski definition) is 0. The molecule has 1 heterocycles. The van der Waals surface area contributed by atoms with Gasteiger partial charge in [-0.1, -0.05) is 0 Å². The summed E-state index contributed by atoms with van der Waals surface area (Å²) in [6.07, 6.45) is 3.16. The van der Waals surface area contributed by atoms with Crippen LogP contribution in [0.2, 0.25) is 9.28 Å². The first-order valence-corrected chi connectivity index (χ1v) is 6.68. The van der Waals surface area contributed by atoms with Crippen LogP contribution in [-0.4, -0.2) is 0 Å². The van der Waals surface area contributed by atoms with E-state index in [-0.39, 0.29) is 19.8 Å². The van der Waals surface area contributed by atoms with Gasteiger partial charge in [-0.05, 0) is 0 Å². The quantitative estimate of drug-likeness (QED) is 0.601. The normalized spacial score (nSPS) is 22.4. The van der Waals surface area contributed by atoms with Crippen LogP contribution in [0.15, 0.2) is 0 Å². The summed E-state index contributed by atoms with van der Waals surface area (Å²) in [7, 11) is 0. The van der Waals surface area contributed by atoms with E-state index in [1.54, 1.807) is 22.1 Å². The molecule has 0 unspecified atom stereocenters. The zero-order valence-corrected chi connectivity index (χ0v) is 6.49. The molecule has 0 aromatic rings. The molecule has 0 saturated carbocycles. The van der Waals surface area contributed by atoms with Crippen LogP contribution in [0.5, 0.6) is 0 Å². The molecule has 0 aliphatic carbocycles. The predicted octanol–water partition coefficient (Wildman–Crippen LogP) is 1.70. The van der Waals surface area contributed by atoms with E-state index in [9.17, 15) is 0 Å². The molecule has 0 bridgehead atoms. The Morgan fingerprint density at radius 1 is 1.00 bits per heavy atom. The molecule has 0 amide bonds. The summed E-state index contributed by atoms with van der Waals surface area (Å²) in [5.41, 5.74) is 0. The molecular formula is C4H8Ta. The summed E-state index contributed by atoms with van der Waals surface area (Å²) in [6.45, 7) is 0. The van der Waals surface area contributed by atoms with E-state index in [1.165, 1.54) is 0 Å². The number of rotatable bonds is 0. The molecule has 0 radical (unpaired) electrons. The van der Waals surface area contributed by atoms with Crippen LogP contribution in [0, 0.1) is 0 Å². The summed E-state index contributed by atoms with van der Waals surface area (Å²) in [5.74, 6) is 0. The Morgan fingerprint density at radius 2 is 1.60 bits per heavy atom. The van der Waals surface area contributed by atoms with Gasteiger partial charge < -0.3 is 0 Å². The second kappa shape index (κ2) is 2.01. The second-order valence-electron chi connectivity index (χ2n) is 1.38. The molecule has 1 aliphatic heterocycles. The average molecular weight is 237 g/mol. The molecule has 1 aliphatic rings. The van der Waals surface area contributed by atoms with Crippen molar-refractivity contribution in [1.82, 2.24) is 0 Å². The van der Waals surface area contributed by atoms with Crippen LogP contribution in [0.4, 0.5) is 0 Å². The van der Waals surface area contributed by atoms with Gasteiger partial charge in [-0.3, -0.25) is 0 Å². The minimum absolute atomic E-state index is 0.256. The van der Waals surface area contributed by atoms with Crippen molar-refractivity contribution in [2.45, 2.75) is 22.1 Å². The molecular weight excluding hydrogens is 229 g/mol. The van der Waals surface area contributed by atoms with Crippen LogP contribution in [0.1, 0.15) is 12.8 Å². The van der Waals surface area contributed by atoms with Gasteiger partial charge in [0.25, 0.3) is 0 Å². The van der Waals surface area contributed by atoms with Gasteiger partial charge in [0.2, 0.25) is 0 Å². The second-order valence-corrected chi connectivity index (χ2v) is 6.20. The fourth-order valence-electron chi connectivity index (χ4n) is 0.559. The zero-order chi connectivity index (χ0) is 3.54. The SMILES string of the molecule is C1C[CH2][Ta][CH2]1. The molecule has 5 heavy (non-hydrogen) atoms. The Hall–Kier alpha value is 0.740. The maximum absolute atomic E-state index is 1.68. The summed E-state index contributed by atoms with van der Waals surface area (Å²) in [4.78, 5) is 0. The van der Waals surface area contributed by atoms with Crippen molar-refractivity contribution >= 4 is 0 Å². The first kappa shape index (κ1) is 3.91. The van der Waals surface area contributed by atoms with Crippen molar-refractivity contribution in [2.24, 2.45) is 0 Å². The van der Waals surface area contributed by atoms with Crippen molar-refractivity contribution in [3.8, 4) is 0 Å². The fourth-order valence-corrected chi connectivity index (χ4v) is 4.58. The predicted molar refractivity (Wildman–Crippen MR) is 18.8 cm³/mol. The van der Waals surface area contributed by atoms with E-state index in [2.05, 4.69) is 0 Å². The van der Waals surface area contributed by atoms with Gasteiger partial charge in [-0.25, -0.2) is 0 Å². The van der Waals surface area contributed by atoms with Crippen LogP contribution >= 0.6 is 0 Å². The van der Waals surface area contributed by atoms with Gasteiger partial charge in [-0.15, -0.1) is 0 Å². The molecule has 1 fully saturated rings. The molecule has 0 aromatic heterocycles. The summed E-state index contributed by atoms with van der Waals surface area (Å²) in [5, 5.41) is 0. The molecule has 0 nitrogen and oxygen atoms in total. The van der Waals surface area contributed by atoms with Gasteiger partial charge in [0.1, 0.15) is 0 Å². The molecule has 0 spiro atoms. The molecule has 1 saturated heterocycles. The summed E-state index contributed by atoms with van der Waals surface area (Å²) < 4.78 is 3.36. The third-order valence-corrected chi connectivity index (χ3v) is 5.43. The summed E-state index contributed by atoms with van der Waals surface area (Å²) >= 11 is 0.256. The minimum atomic E-state index is 0.256. The third kappa shape index (κ3) is 1.08. The molecule has 1 heteroatoms. The van der Waals surface area contributed by atoms with E-state index in [1.807, 2.05) is 0 Å². The van der Waals surface area contributed by atoms with Crippen LogP contribution in [0.3, 0.4) is 0 Å².